The lowest BCUT2D eigenvalue weighted by Gasteiger charge is -2.57. The van der Waals surface area contributed by atoms with Gasteiger partial charge in [-0.3, -0.25) is 0 Å². The van der Waals surface area contributed by atoms with Crippen LogP contribution in [0.15, 0.2) is 59.1 Å². The molecular formula is C21H25BrNO+. The van der Waals surface area contributed by atoms with Gasteiger partial charge in [0.2, 0.25) is 0 Å². The number of aliphatic hydroxyl groups is 1. The second kappa shape index (κ2) is 6.62. The fraction of sp³-hybridized carbons (Fsp3) is 0.429. The molecule has 2 aromatic rings. The van der Waals surface area contributed by atoms with Crippen LogP contribution < -0.4 is 0 Å². The van der Waals surface area contributed by atoms with Gasteiger partial charge in [-0.1, -0.05) is 58.4 Å². The molecule has 24 heavy (non-hydrogen) atoms. The molecule has 3 heterocycles. The van der Waals surface area contributed by atoms with Crippen molar-refractivity contribution >= 4 is 15.9 Å². The molecule has 5 rings (SSSR count). The summed E-state index contributed by atoms with van der Waals surface area (Å²) in [4.78, 5) is 0. The minimum absolute atomic E-state index is 0.164. The van der Waals surface area contributed by atoms with Crippen LogP contribution in [0.5, 0.6) is 0 Å². The molecule has 3 saturated heterocycles. The van der Waals surface area contributed by atoms with Gasteiger partial charge in [0.1, 0.15) is 18.7 Å². The van der Waals surface area contributed by atoms with E-state index in [1.54, 1.807) is 0 Å². The van der Waals surface area contributed by atoms with Gasteiger partial charge in [0, 0.05) is 35.2 Å². The van der Waals surface area contributed by atoms with Crippen LogP contribution in [0.1, 0.15) is 24.0 Å². The fourth-order valence-electron chi connectivity index (χ4n) is 4.81. The third-order valence-electron chi connectivity index (χ3n) is 6.17. The Hall–Kier alpha value is -1.16. The first-order valence-electron chi connectivity index (χ1n) is 8.98. The van der Waals surface area contributed by atoms with Crippen molar-refractivity contribution in [3.05, 3.63) is 70.2 Å². The molecule has 2 nitrogen and oxygen atoms in total. The lowest BCUT2D eigenvalue weighted by molar-refractivity contribution is -0.982. The number of hydrogen-bond acceptors (Lipinski definition) is 1. The molecule has 3 aliphatic rings. The molecule has 1 N–H and O–H groups in total. The maximum atomic E-state index is 11.0. The topological polar surface area (TPSA) is 20.2 Å². The monoisotopic (exact) mass is 386 g/mol. The van der Waals surface area contributed by atoms with Crippen molar-refractivity contribution in [2.24, 2.45) is 5.92 Å². The summed E-state index contributed by atoms with van der Waals surface area (Å²) < 4.78 is 2.18. The third-order valence-corrected chi connectivity index (χ3v) is 6.70. The van der Waals surface area contributed by atoms with E-state index < -0.39 is 0 Å². The number of piperidine rings is 3. The number of hydrogen-bond donors (Lipinski definition) is 1. The van der Waals surface area contributed by atoms with Gasteiger partial charge in [-0.15, -0.1) is 0 Å². The molecule has 2 aromatic carbocycles. The summed E-state index contributed by atoms with van der Waals surface area (Å²) >= 11 is 3.53. The van der Waals surface area contributed by atoms with Crippen LogP contribution >= 0.6 is 15.9 Å². The highest BCUT2D eigenvalue weighted by Crippen LogP contribution is 2.41. The van der Waals surface area contributed by atoms with E-state index in [1.165, 1.54) is 37.1 Å². The largest absolute Gasteiger partial charge is 0.387 e. The number of benzene rings is 2. The zero-order valence-electron chi connectivity index (χ0n) is 13.9. The van der Waals surface area contributed by atoms with E-state index in [1.807, 2.05) is 0 Å². The van der Waals surface area contributed by atoms with Crippen molar-refractivity contribution in [1.82, 2.24) is 0 Å². The van der Waals surface area contributed by atoms with Crippen LogP contribution in [0, 0.1) is 5.92 Å². The maximum Gasteiger partial charge on any atom is 0.120 e. The lowest BCUT2D eigenvalue weighted by Crippen LogP contribution is -2.69. The molecule has 0 radical (unpaired) electrons. The Morgan fingerprint density at radius 2 is 1.58 bits per heavy atom. The minimum atomic E-state index is -0.164. The number of halogens is 1. The maximum absolute atomic E-state index is 11.0. The van der Waals surface area contributed by atoms with Crippen LogP contribution in [0.2, 0.25) is 0 Å². The average molecular weight is 387 g/mol. The number of nitrogens with zero attached hydrogens (tertiary/aromatic N) is 1. The summed E-state index contributed by atoms with van der Waals surface area (Å²) in [5, 5.41) is 11.0. The smallest absolute Gasteiger partial charge is 0.120 e. The van der Waals surface area contributed by atoms with Crippen LogP contribution in [0.25, 0.3) is 0 Å². The van der Waals surface area contributed by atoms with E-state index in [-0.39, 0.29) is 6.10 Å². The van der Waals surface area contributed by atoms with Gasteiger partial charge in [0.25, 0.3) is 0 Å². The van der Waals surface area contributed by atoms with Gasteiger partial charge < -0.3 is 9.59 Å². The minimum Gasteiger partial charge on any atom is -0.387 e. The Morgan fingerprint density at radius 3 is 2.25 bits per heavy atom. The summed E-state index contributed by atoms with van der Waals surface area (Å²) in [5.41, 5.74) is 2.73. The van der Waals surface area contributed by atoms with Crippen LogP contribution in [0.3, 0.4) is 0 Å². The van der Waals surface area contributed by atoms with Crippen LogP contribution in [-0.2, 0) is 13.0 Å². The van der Waals surface area contributed by atoms with E-state index in [4.69, 9.17) is 0 Å². The van der Waals surface area contributed by atoms with Gasteiger partial charge in [-0.05, 0) is 17.7 Å². The summed E-state index contributed by atoms with van der Waals surface area (Å²) in [5.74, 6) is 0.503. The number of fused-ring (bicyclic) bond motifs is 3. The van der Waals surface area contributed by atoms with Crippen molar-refractivity contribution in [1.29, 1.82) is 0 Å². The van der Waals surface area contributed by atoms with Gasteiger partial charge >= 0.3 is 0 Å². The van der Waals surface area contributed by atoms with Gasteiger partial charge in [0.05, 0.1) is 13.1 Å². The molecule has 2 bridgehead atoms. The molecule has 0 aliphatic carbocycles. The van der Waals surface area contributed by atoms with Gasteiger partial charge in [0.15, 0.2) is 0 Å². The first kappa shape index (κ1) is 16.3. The van der Waals surface area contributed by atoms with Crippen LogP contribution in [0.4, 0.5) is 0 Å². The van der Waals surface area contributed by atoms with Crippen molar-refractivity contribution in [3.63, 3.8) is 0 Å². The number of quaternary nitrogens is 1. The van der Waals surface area contributed by atoms with Crippen molar-refractivity contribution in [3.8, 4) is 0 Å². The molecule has 3 aliphatic heterocycles. The molecule has 3 heteroatoms. The van der Waals surface area contributed by atoms with E-state index in [0.717, 1.165) is 21.9 Å². The van der Waals surface area contributed by atoms with Gasteiger partial charge in [-0.25, -0.2) is 0 Å². The highest BCUT2D eigenvalue weighted by atomic mass is 79.9. The van der Waals surface area contributed by atoms with E-state index in [9.17, 15) is 5.11 Å². The van der Waals surface area contributed by atoms with Crippen molar-refractivity contribution in [2.45, 2.75) is 38.0 Å². The molecule has 0 spiro atoms. The van der Waals surface area contributed by atoms with E-state index in [0.29, 0.717) is 12.0 Å². The Bertz CT molecular complexity index is 677. The summed E-state index contributed by atoms with van der Waals surface area (Å²) in [6, 6.07) is 19.7. The van der Waals surface area contributed by atoms with Crippen molar-refractivity contribution < 1.29 is 9.59 Å². The standard InChI is InChI=1S/C21H25BrNO/c22-19-8-6-17(7-9-19)15-23-12-10-18(11-13-23)21(24)20(23)14-16-4-2-1-3-5-16/h1-9,18,20-21,24H,10-15H2/q+1/t18?,20-,21-,23?/m1/s1. The average Bonchev–Trinajstić information content (AvgIpc) is 2.62. The van der Waals surface area contributed by atoms with E-state index in [2.05, 4.69) is 70.5 Å². The molecule has 0 aromatic heterocycles. The Kier molecular flexibility index (Phi) is 4.50. The summed E-state index contributed by atoms with van der Waals surface area (Å²) in [6.45, 7) is 3.44. The molecule has 3 fully saturated rings. The second-order valence-corrected chi connectivity index (χ2v) is 8.45. The van der Waals surface area contributed by atoms with Crippen LogP contribution in [-0.4, -0.2) is 34.8 Å². The van der Waals surface area contributed by atoms with Gasteiger partial charge in [-0.2, -0.15) is 0 Å². The highest BCUT2D eigenvalue weighted by Gasteiger charge is 2.52. The lowest BCUT2D eigenvalue weighted by atomic mass is 9.75. The Morgan fingerprint density at radius 1 is 0.917 bits per heavy atom. The van der Waals surface area contributed by atoms with E-state index >= 15 is 0 Å². The second-order valence-electron chi connectivity index (χ2n) is 7.54. The quantitative estimate of drug-likeness (QED) is 0.782. The zero-order valence-corrected chi connectivity index (χ0v) is 15.5. The Labute approximate surface area is 152 Å². The fourth-order valence-corrected chi connectivity index (χ4v) is 5.08. The SMILES string of the molecule is O[C@@H]1C2CC[N+](Cc3ccc(Br)cc3)(CC2)[C@@H]1Cc1ccccc1. The molecule has 126 valence electrons. The summed E-state index contributed by atoms with van der Waals surface area (Å²) in [7, 11) is 0. The molecule has 0 unspecified atom stereocenters. The normalized spacial score (nSPS) is 32.0. The zero-order chi connectivity index (χ0) is 16.6. The summed E-state index contributed by atoms with van der Waals surface area (Å²) in [6.07, 6.45) is 3.16. The number of rotatable bonds is 4. The molecular weight excluding hydrogens is 362 g/mol. The highest BCUT2D eigenvalue weighted by molar-refractivity contribution is 9.10. The van der Waals surface area contributed by atoms with Crippen molar-refractivity contribution in [2.75, 3.05) is 13.1 Å². The first-order chi connectivity index (χ1) is 11.7. The molecule has 0 amide bonds. The molecule has 2 atom stereocenters. The predicted octanol–water partition coefficient (Wildman–Crippen LogP) is 4.16. The molecule has 0 saturated carbocycles. The predicted molar refractivity (Wildman–Crippen MR) is 101 cm³/mol. The number of aliphatic hydroxyl groups excluding tert-OH is 1. The Balaban J connectivity index is 1.62. The third kappa shape index (κ3) is 3.05. The first-order valence-corrected chi connectivity index (χ1v) is 9.78.